The molecule has 0 saturated carbocycles. The van der Waals surface area contributed by atoms with Crippen molar-refractivity contribution in [3.8, 4) is 0 Å². The van der Waals surface area contributed by atoms with E-state index in [0.717, 1.165) is 5.56 Å². The van der Waals surface area contributed by atoms with E-state index in [-0.39, 0.29) is 12.3 Å². The molecule has 0 spiro atoms. The lowest BCUT2D eigenvalue weighted by Crippen LogP contribution is -2.44. The number of halogens is 1. The molecule has 4 rings (SSSR count). The van der Waals surface area contributed by atoms with Crippen LogP contribution in [-0.2, 0) is 19.7 Å². The molecular formula is C25H29FN2O5S. The third-order valence-corrected chi connectivity index (χ3v) is 8.57. The lowest BCUT2D eigenvalue weighted by Gasteiger charge is -2.44. The Bertz CT molecular complexity index is 1220. The van der Waals surface area contributed by atoms with Crippen molar-refractivity contribution >= 4 is 27.6 Å². The molecule has 0 aliphatic carbocycles. The van der Waals surface area contributed by atoms with Gasteiger partial charge in [-0.1, -0.05) is 42.8 Å². The van der Waals surface area contributed by atoms with Crippen LogP contribution in [0.4, 0.5) is 10.1 Å². The van der Waals surface area contributed by atoms with Gasteiger partial charge >= 0.3 is 0 Å². The fourth-order valence-electron chi connectivity index (χ4n) is 5.30. The molecule has 2 unspecified atom stereocenters. The number of anilines is 1. The second-order valence-corrected chi connectivity index (χ2v) is 11.2. The third-order valence-electron chi connectivity index (χ3n) is 7.14. The number of hydrogen-bond acceptors (Lipinski definition) is 5. The Labute approximate surface area is 199 Å². The minimum Gasteiger partial charge on any atom is -0.369 e. The first-order valence-electron chi connectivity index (χ1n) is 11.4. The largest absolute Gasteiger partial charge is 0.369 e. The van der Waals surface area contributed by atoms with E-state index in [4.69, 9.17) is 0 Å². The van der Waals surface area contributed by atoms with E-state index < -0.39 is 38.4 Å². The SMILES string of the molecule is Cc1cccc(C(C2(C)CCN(c3ccc(C4CCC(=O)NC4=O)cc3F)CC2)S(=O)(=O)O)c1. The molecule has 0 bridgehead atoms. The van der Waals surface area contributed by atoms with Crippen LogP contribution in [0.5, 0.6) is 0 Å². The molecule has 2 aliphatic rings. The fourth-order valence-corrected chi connectivity index (χ4v) is 6.74. The molecule has 182 valence electrons. The monoisotopic (exact) mass is 488 g/mol. The van der Waals surface area contributed by atoms with Gasteiger partial charge in [0.2, 0.25) is 11.8 Å². The van der Waals surface area contributed by atoms with Crippen molar-refractivity contribution in [2.75, 3.05) is 18.0 Å². The molecular weight excluding hydrogens is 459 g/mol. The van der Waals surface area contributed by atoms with Crippen LogP contribution >= 0.6 is 0 Å². The van der Waals surface area contributed by atoms with E-state index in [2.05, 4.69) is 5.32 Å². The summed E-state index contributed by atoms with van der Waals surface area (Å²) in [7, 11) is -4.36. The Morgan fingerprint density at radius 3 is 2.44 bits per heavy atom. The van der Waals surface area contributed by atoms with Crippen LogP contribution in [0.2, 0.25) is 0 Å². The zero-order valence-electron chi connectivity index (χ0n) is 19.3. The van der Waals surface area contributed by atoms with E-state index in [1.165, 1.54) is 6.07 Å². The lowest BCUT2D eigenvalue weighted by molar-refractivity contribution is -0.134. The van der Waals surface area contributed by atoms with Gasteiger partial charge in [-0.15, -0.1) is 0 Å². The van der Waals surface area contributed by atoms with E-state index in [1.54, 1.807) is 30.3 Å². The number of piperidine rings is 2. The minimum atomic E-state index is -4.36. The Kier molecular flexibility index (Phi) is 6.52. The normalized spacial score (nSPS) is 21.8. The molecule has 2 amide bonds. The molecule has 7 nitrogen and oxygen atoms in total. The average molecular weight is 489 g/mol. The standard InChI is InChI=1S/C25H29FN2O5S/c1-16-4-3-5-18(14-16)23(34(31,32)33)25(2)10-12-28(13-11-25)21-8-6-17(15-20(21)26)19-7-9-22(29)27-24(19)30/h3-6,8,14-15,19,23H,7,9-13H2,1-2H3,(H,27,29,30)(H,31,32,33). The Balaban J connectivity index is 1.52. The van der Waals surface area contributed by atoms with Crippen molar-refractivity contribution < 1.29 is 27.0 Å². The Morgan fingerprint density at radius 2 is 1.85 bits per heavy atom. The molecule has 2 N–H and O–H groups in total. The van der Waals surface area contributed by atoms with Crippen LogP contribution in [0, 0.1) is 18.2 Å². The van der Waals surface area contributed by atoms with Crippen molar-refractivity contribution in [3.63, 3.8) is 0 Å². The zero-order valence-corrected chi connectivity index (χ0v) is 20.1. The number of carbonyl (C=O) groups is 2. The van der Waals surface area contributed by atoms with Crippen LogP contribution in [-0.4, -0.2) is 37.9 Å². The van der Waals surface area contributed by atoms with E-state index >= 15 is 4.39 Å². The van der Waals surface area contributed by atoms with Crippen molar-refractivity contribution in [1.82, 2.24) is 5.32 Å². The number of nitrogens with one attached hydrogen (secondary N) is 1. The number of aryl methyl sites for hydroxylation is 1. The first-order valence-corrected chi connectivity index (χ1v) is 12.9. The van der Waals surface area contributed by atoms with Crippen molar-refractivity contribution in [1.29, 1.82) is 0 Å². The Morgan fingerprint density at radius 1 is 1.15 bits per heavy atom. The smallest absolute Gasteiger partial charge is 0.272 e. The zero-order chi connectivity index (χ0) is 24.7. The van der Waals surface area contributed by atoms with Crippen molar-refractivity contribution in [2.45, 2.75) is 50.7 Å². The fraction of sp³-hybridized carbons (Fsp3) is 0.440. The van der Waals surface area contributed by atoms with Gasteiger partial charge in [0.05, 0.1) is 11.6 Å². The number of rotatable bonds is 5. The third kappa shape index (κ3) is 4.86. The van der Waals surface area contributed by atoms with Gasteiger partial charge in [0.25, 0.3) is 10.1 Å². The second-order valence-electron chi connectivity index (χ2n) is 9.66. The number of hydrogen-bond donors (Lipinski definition) is 2. The average Bonchev–Trinajstić information content (AvgIpc) is 2.73. The summed E-state index contributed by atoms with van der Waals surface area (Å²) in [4.78, 5) is 25.4. The van der Waals surface area contributed by atoms with Gasteiger partial charge in [0.15, 0.2) is 0 Å². The van der Waals surface area contributed by atoms with Gasteiger partial charge in [-0.25, -0.2) is 4.39 Å². The molecule has 2 heterocycles. The summed E-state index contributed by atoms with van der Waals surface area (Å²) >= 11 is 0. The maximum atomic E-state index is 15.1. The molecule has 2 saturated heterocycles. The van der Waals surface area contributed by atoms with Gasteiger partial charge in [0, 0.05) is 19.5 Å². The second kappa shape index (κ2) is 9.11. The quantitative estimate of drug-likeness (QED) is 0.489. The van der Waals surface area contributed by atoms with Gasteiger partial charge in [-0.3, -0.25) is 19.5 Å². The highest BCUT2D eigenvalue weighted by atomic mass is 32.2. The summed E-state index contributed by atoms with van der Waals surface area (Å²) in [6.07, 6.45) is 1.46. The summed E-state index contributed by atoms with van der Waals surface area (Å²) in [6.45, 7) is 4.57. The lowest BCUT2D eigenvalue weighted by atomic mass is 9.74. The first-order chi connectivity index (χ1) is 16.0. The van der Waals surface area contributed by atoms with Gasteiger partial charge in [-0.05, 0) is 54.9 Å². The number of nitrogens with zero attached hydrogens (tertiary/aromatic N) is 1. The maximum Gasteiger partial charge on any atom is 0.272 e. The van der Waals surface area contributed by atoms with Crippen LogP contribution in [0.15, 0.2) is 42.5 Å². The van der Waals surface area contributed by atoms with E-state index in [1.807, 2.05) is 24.8 Å². The van der Waals surface area contributed by atoms with Gasteiger partial charge < -0.3 is 4.90 Å². The molecule has 0 radical (unpaired) electrons. The number of amides is 2. The summed E-state index contributed by atoms with van der Waals surface area (Å²) in [6, 6.07) is 11.8. The Hall–Kier alpha value is -2.78. The molecule has 2 atom stereocenters. The van der Waals surface area contributed by atoms with Crippen LogP contribution < -0.4 is 10.2 Å². The summed E-state index contributed by atoms with van der Waals surface area (Å²) < 4.78 is 50.0. The molecule has 2 aromatic carbocycles. The summed E-state index contributed by atoms with van der Waals surface area (Å²) in [5.41, 5.74) is 1.65. The van der Waals surface area contributed by atoms with E-state index in [9.17, 15) is 22.6 Å². The topological polar surface area (TPSA) is 104 Å². The van der Waals surface area contributed by atoms with Crippen molar-refractivity contribution in [2.24, 2.45) is 5.41 Å². The van der Waals surface area contributed by atoms with Crippen LogP contribution in [0.1, 0.15) is 60.5 Å². The van der Waals surface area contributed by atoms with E-state index in [0.29, 0.717) is 49.2 Å². The predicted octanol–water partition coefficient (Wildman–Crippen LogP) is 3.89. The first kappa shape index (κ1) is 24.3. The maximum absolute atomic E-state index is 15.1. The minimum absolute atomic E-state index is 0.223. The number of benzene rings is 2. The summed E-state index contributed by atoms with van der Waals surface area (Å²) in [5, 5.41) is 1.23. The molecule has 2 aliphatic heterocycles. The van der Waals surface area contributed by atoms with Gasteiger partial charge in [0.1, 0.15) is 11.1 Å². The number of carbonyl (C=O) groups excluding carboxylic acids is 2. The summed E-state index contributed by atoms with van der Waals surface area (Å²) in [5.74, 6) is -1.75. The molecule has 34 heavy (non-hydrogen) atoms. The van der Waals surface area contributed by atoms with Crippen molar-refractivity contribution in [3.05, 3.63) is 65.0 Å². The highest BCUT2D eigenvalue weighted by molar-refractivity contribution is 7.86. The molecule has 2 fully saturated rings. The molecule has 0 aromatic heterocycles. The number of imide groups is 1. The molecule has 9 heteroatoms. The molecule has 2 aromatic rings. The van der Waals surface area contributed by atoms with Crippen LogP contribution in [0.3, 0.4) is 0 Å². The van der Waals surface area contributed by atoms with Crippen LogP contribution in [0.25, 0.3) is 0 Å². The van der Waals surface area contributed by atoms with Gasteiger partial charge in [-0.2, -0.15) is 8.42 Å². The highest BCUT2D eigenvalue weighted by Crippen LogP contribution is 2.47. The highest BCUT2D eigenvalue weighted by Gasteiger charge is 2.45. The predicted molar refractivity (Wildman–Crippen MR) is 127 cm³/mol.